The number of esters is 1. The molecule has 1 saturated heterocycles. The Morgan fingerprint density at radius 3 is 2.21 bits per heavy atom. The van der Waals surface area contributed by atoms with Gasteiger partial charge in [0.2, 0.25) is 0 Å². The second kappa shape index (κ2) is 8.21. The highest BCUT2D eigenvalue weighted by Crippen LogP contribution is 2.42. The monoisotopic (exact) mass is 338 g/mol. The van der Waals surface area contributed by atoms with Crippen molar-refractivity contribution >= 4 is 5.97 Å². The summed E-state index contributed by atoms with van der Waals surface area (Å²) in [6.45, 7) is 12.4. The molecule has 0 spiro atoms. The van der Waals surface area contributed by atoms with Gasteiger partial charge >= 0.3 is 5.97 Å². The highest BCUT2D eigenvalue weighted by atomic mass is 16.6. The summed E-state index contributed by atoms with van der Waals surface area (Å²) < 4.78 is 12.0. The molecule has 1 saturated carbocycles. The van der Waals surface area contributed by atoms with Crippen LogP contribution in [0.15, 0.2) is 0 Å². The van der Waals surface area contributed by atoms with Crippen LogP contribution in [-0.4, -0.2) is 24.8 Å². The predicted octanol–water partition coefficient (Wildman–Crippen LogP) is 5.37. The number of carbonyl (C=O) groups excluding carboxylic acids is 1. The summed E-state index contributed by atoms with van der Waals surface area (Å²) in [7, 11) is 0. The molecule has 0 aromatic heterocycles. The van der Waals surface area contributed by atoms with E-state index in [1.165, 1.54) is 32.1 Å². The maximum Gasteiger partial charge on any atom is 0.309 e. The molecular weight excluding hydrogens is 300 g/mol. The lowest BCUT2D eigenvalue weighted by Crippen LogP contribution is -2.49. The van der Waals surface area contributed by atoms with Gasteiger partial charge in [0.1, 0.15) is 5.60 Å². The first-order valence-electron chi connectivity index (χ1n) is 10.0. The summed E-state index contributed by atoms with van der Waals surface area (Å²) >= 11 is 0. The summed E-state index contributed by atoms with van der Waals surface area (Å²) in [5, 5.41) is 0. The molecule has 140 valence electrons. The molecule has 1 atom stereocenters. The molecule has 0 aromatic carbocycles. The Bertz CT molecular complexity index is 396. The van der Waals surface area contributed by atoms with Crippen molar-refractivity contribution in [2.24, 2.45) is 23.2 Å². The molecule has 0 amide bonds. The van der Waals surface area contributed by atoms with Gasteiger partial charge in [-0.15, -0.1) is 0 Å². The van der Waals surface area contributed by atoms with E-state index in [1.54, 1.807) is 0 Å². The first kappa shape index (κ1) is 19.8. The van der Waals surface area contributed by atoms with Crippen LogP contribution < -0.4 is 0 Å². The van der Waals surface area contributed by atoms with E-state index < -0.39 is 0 Å². The van der Waals surface area contributed by atoms with Crippen molar-refractivity contribution in [1.29, 1.82) is 0 Å². The van der Waals surface area contributed by atoms with Gasteiger partial charge in [-0.05, 0) is 36.5 Å². The summed E-state index contributed by atoms with van der Waals surface area (Å²) in [5.41, 5.74) is -0.123. The topological polar surface area (TPSA) is 35.5 Å². The maximum atomic E-state index is 13.1. The first-order valence-corrected chi connectivity index (χ1v) is 10.0. The SMILES string of the molecule is CC(C)C(CC(C)(C)C)C(=O)OC1(C2CCCCC2)CCOCC1. The fourth-order valence-electron chi connectivity index (χ4n) is 4.47. The van der Waals surface area contributed by atoms with Gasteiger partial charge in [0.05, 0.1) is 19.1 Å². The molecule has 3 heteroatoms. The lowest BCUT2D eigenvalue weighted by atomic mass is 9.72. The third-order valence-corrected chi connectivity index (χ3v) is 5.93. The minimum atomic E-state index is -0.263. The number of rotatable bonds is 5. The molecule has 0 N–H and O–H groups in total. The van der Waals surface area contributed by atoms with Gasteiger partial charge in [0, 0.05) is 12.8 Å². The van der Waals surface area contributed by atoms with Crippen molar-refractivity contribution in [3.05, 3.63) is 0 Å². The summed E-state index contributed by atoms with van der Waals surface area (Å²) in [6.07, 6.45) is 8.95. The minimum absolute atomic E-state index is 0.00619. The Hall–Kier alpha value is -0.570. The van der Waals surface area contributed by atoms with Crippen LogP contribution in [0.3, 0.4) is 0 Å². The lowest BCUT2D eigenvalue weighted by Gasteiger charge is -2.45. The second-order valence-electron chi connectivity index (χ2n) is 9.55. The molecule has 1 heterocycles. The largest absolute Gasteiger partial charge is 0.458 e. The van der Waals surface area contributed by atoms with Crippen molar-refractivity contribution in [3.63, 3.8) is 0 Å². The zero-order chi connectivity index (χ0) is 17.8. The summed E-state index contributed by atoms with van der Waals surface area (Å²) in [4.78, 5) is 13.1. The van der Waals surface area contributed by atoms with Gasteiger partial charge in [0.25, 0.3) is 0 Å². The molecule has 1 aliphatic heterocycles. The van der Waals surface area contributed by atoms with Gasteiger partial charge in [-0.1, -0.05) is 53.9 Å². The normalized spacial score (nSPS) is 23.9. The number of carbonyl (C=O) groups is 1. The number of hydrogen-bond donors (Lipinski definition) is 0. The predicted molar refractivity (Wildman–Crippen MR) is 97.9 cm³/mol. The van der Waals surface area contributed by atoms with Crippen molar-refractivity contribution in [2.75, 3.05) is 13.2 Å². The first-order chi connectivity index (χ1) is 11.2. The van der Waals surface area contributed by atoms with E-state index in [1.807, 2.05) is 0 Å². The number of hydrogen-bond acceptors (Lipinski definition) is 3. The molecule has 0 radical (unpaired) electrons. The third-order valence-electron chi connectivity index (χ3n) is 5.93. The highest BCUT2D eigenvalue weighted by Gasteiger charge is 2.45. The zero-order valence-electron chi connectivity index (χ0n) is 16.5. The third kappa shape index (κ3) is 5.21. The Labute approximate surface area is 148 Å². The smallest absolute Gasteiger partial charge is 0.309 e. The van der Waals surface area contributed by atoms with E-state index in [0.29, 0.717) is 11.8 Å². The second-order valence-corrected chi connectivity index (χ2v) is 9.55. The van der Waals surface area contributed by atoms with Gasteiger partial charge in [-0.2, -0.15) is 0 Å². The Balaban J connectivity index is 2.13. The maximum absolute atomic E-state index is 13.1. The molecule has 3 nitrogen and oxygen atoms in total. The average Bonchev–Trinajstić information content (AvgIpc) is 2.53. The van der Waals surface area contributed by atoms with E-state index >= 15 is 0 Å². The standard InChI is InChI=1S/C21H38O3/c1-16(2)18(15-20(3,4)5)19(22)24-21(11-13-23-14-12-21)17-9-7-6-8-10-17/h16-18H,6-15H2,1-5H3. The van der Waals surface area contributed by atoms with Crippen LogP contribution in [0.1, 0.15) is 86.0 Å². The lowest BCUT2D eigenvalue weighted by molar-refractivity contribution is -0.189. The van der Waals surface area contributed by atoms with Gasteiger partial charge in [-0.25, -0.2) is 0 Å². The molecule has 1 unspecified atom stereocenters. The molecular formula is C21H38O3. The van der Waals surface area contributed by atoms with Crippen LogP contribution in [-0.2, 0) is 14.3 Å². The van der Waals surface area contributed by atoms with Crippen LogP contribution in [0.4, 0.5) is 0 Å². The van der Waals surface area contributed by atoms with Crippen molar-refractivity contribution in [2.45, 2.75) is 91.6 Å². The molecule has 0 aromatic rings. The quantitative estimate of drug-likeness (QED) is 0.632. The zero-order valence-corrected chi connectivity index (χ0v) is 16.5. The van der Waals surface area contributed by atoms with Gasteiger partial charge < -0.3 is 9.47 Å². The van der Waals surface area contributed by atoms with Crippen LogP contribution in [0.25, 0.3) is 0 Å². The fourth-order valence-corrected chi connectivity index (χ4v) is 4.47. The minimum Gasteiger partial charge on any atom is -0.458 e. The van der Waals surface area contributed by atoms with Crippen LogP contribution in [0.5, 0.6) is 0 Å². The van der Waals surface area contributed by atoms with Crippen LogP contribution in [0.2, 0.25) is 0 Å². The van der Waals surface area contributed by atoms with E-state index in [9.17, 15) is 4.79 Å². The van der Waals surface area contributed by atoms with Crippen LogP contribution >= 0.6 is 0 Å². The molecule has 24 heavy (non-hydrogen) atoms. The van der Waals surface area contributed by atoms with Crippen molar-refractivity contribution < 1.29 is 14.3 Å². The van der Waals surface area contributed by atoms with Gasteiger partial charge in [0.15, 0.2) is 0 Å². The van der Waals surface area contributed by atoms with E-state index in [4.69, 9.17) is 9.47 Å². The van der Waals surface area contributed by atoms with E-state index in [2.05, 4.69) is 34.6 Å². The fraction of sp³-hybridized carbons (Fsp3) is 0.952. The molecule has 2 rings (SSSR count). The van der Waals surface area contributed by atoms with Crippen LogP contribution in [0, 0.1) is 23.2 Å². The summed E-state index contributed by atoms with van der Waals surface area (Å²) in [5.74, 6) is 0.877. The molecule has 0 bridgehead atoms. The van der Waals surface area contributed by atoms with E-state index in [0.717, 1.165) is 32.5 Å². The summed E-state index contributed by atoms with van der Waals surface area (Å²) in [6, 6.07) is 0. The highest BCUT2D eigenvalue weighted by molar-refractivity contribution is 5.73. The Morgan fingerprint density at radius 1 is 1.12 bits per heavy atom. The van der Waals surface area contributed by atoms with E-state index in [-0.39, 0.29) is 22.9 Å². The van der Waals surface area contributed by atoms with Gasteiger partial charge in [-0.3, -0.25) is 4.79 Å². The van der Waals surface area contributed by atoms with Crippen molar-refractivity contribution in [3.8, 4) is 0 Å². The molecule has 2 aliphatic rings. The number of ether oxygens (including phenoxy) is 2. The molecule has 1 aliphatic carbocycles. The average molecular weight is 339 g/mol. The Kier molecular flexibility index (Phi) is 6.75. The molecule has 2 fully saturated rings. The Morgan fingerprint density at radius 2 is 1.71 bits per heavy atom. The van der Waals surface area contributed by atoms with Crippen molar-refractivity contribution in [1.82, 2.24) is 0 Å².